The summed E-state index contributed by atoms with van der Waals surface area (Å²) in [5.41, 5.74) is 4.51. The highest BCUT2D eigenvalue weighted by Crippen LogP contribution is 2.33. The highest BCUT2D eigenvalue weighted by Gasteiger charge is 2.20. The van der Waals surface area contributed by atoms with Gasteiger partial charge in [0.15, 0.2) is 5.75 Å². The third kappa shape index (κ3) is 7.06. The molecule has 0 aliphatic carbocycles. The number of anilines is 1. The van der Waals surface area contributed by atoms with E-state index in [1.54, 1.807) is 41.4 Å². The van der Waals surface area contributed by atoms with Gasteiger partial charge in [-0.3, -0.25) is 19.7 Å². The van der Waals surface area contributed by atoms with Crippen LogP contribution in [0.5, 0.6) is 11.5 Å². The first kappa shape index (κ1) is 26.1. The lowest BCUT2D eigenvalue weighted by Crippen LogP contribution is -2.48. The maximum Gasteiger partial charge on any atom is 0.307 e. The van der Waals surface area contributed by atoms with Gasteiger partial charge in [0, 0.05) is 18.7 Å². The van der Waals surface area contributed by atoms with Crippen molar-refractivity contribution in [2.75, 3.05) is 31.0 Å². The van der Waals surface area contributed by atoms with E-state index < -0.39 is 21.9 Å². The summed E-state index contributed by atoms with van der Waals surface area (Å²) in [4.78, 5) is 24.0. The maximum atomic E-state index is 13.1. The zero-order valence-electron chi connectivity index (χ0n) is 20.1. The Morgan fingerprint density at radius 3 is 2.46 bits per heavy atom. The Labute approximate surface area is 214 Å². The molecule has 0 unspecified atom stereocenters. The van der Waals surface area contributed by atoms with Gasteiger partial charge < -0.3 is 14.6 Å². The second-order valence-electron chi connectivity index (χ2n) is 8.49. The van der Waals surface area contributed by atoms with E-state index in [1.807, 2.05) is 6.92 Å². The summed E-state index contributed by atoms with van der Waals surface area (Å²) in [7, 11) is -4.00. The van der Waals surface area contributed by atoms with E-state index in [0.29, 0.717) is 37.6 Å². The predicted molar refractivity (Wildman–Crippen MR) is 136 cm³/mol. The number of carboxylic acids is 1. The van der Waals surface area contributed by atoms with Crippen LogP contribution in [-0.2, 0) is 26.0 Å². The first-order chi connectivity index (χ1) is 17.7. The van der Waals surface area contributed by atoms with E-state index in [9.17, 15) is 18.0 Å². The summed E-state index contributed by atoms with van der Waals surface area (Å²) in [6.07, 6.45) is -0.190. The Bertz CT molecular complexity index is 1390. The van der Waals surface area contributed by atoms with Crippen molar-refractivity contribution in [1.29, 1.82) is 0 Å². The lowest BCUT2D eigenvalue weighted by Gasteiger charge is -2.27. The molecule has 0 radical (unpaired) electrons. The molecule has 0 spiro atoms. The van der Waals surface area contributed by atoms with E-state index in [4.69, 9.17) is 14.6 Å². The molecule has 194 valence electrons. The van der Waals surface area contributed by atoms with E-state index >= 15 is 0 Å². The number of carbonyl (C=O) groups excluding carboxylic acids is 1. The van der Waals surface area contributed by atoms with Crippen LogP contribution < -0.4 is 14.9 Å². The molecule has 1 aliphatic rings. The van der Waals surface area contributed by atoms with Crippen molar-refractivity contribution in [2.24, 2.45) is 0 Å². The lowest BCUT2D eigenvalue weighted by atomic mass is 10.1. The number of aryl methyl sites for hydroxylation is 1. The highest BCUT2D eigenvalue weighted by molar-refractivity contribution is 7.92. The lowest BCUT2D eigenvalue weighted by molar-refractivity contribution is -0.136. The smallest absolute Gasteiger partial charge is 0.307 e. The fourth-order valence-corrected chi connectivity index (χ4v) is 4.73. The number of nitrogens with zero attached hydrogens (tertiary/aromatic N) is 1. The minimum atomic E-state index is -4.00. The molecule has 1 amide bonds. The third-order valence-corrected chi connectivity index (χ3v) is 6.95. The van der Waals surface area contributed by atoms with Crippen molar-refractivity contribution in [1.82, 2.24) is 10.4 Å². The van der Waals surface area contributed by atoms with Gasteiger partial charge in [0.2, 0.25) is 0 Å². The number of sulfonamides is 1. The van der Waals surface area contributed by atoms with Gasteiger partial charge in [0.25, 0.3) is 15.9 Å². The van der Waals surface area contributed by atoms with Crippen LogP contribution in [0.15, 0.2) is 71.6 Å². The van der Waals surface area contributed by atoms with E-state index in [2.05, 4.69) is 10.1 Å². The first-order valence-corrected chi connectivity index (χ1v) is 13.0. The SMILES string of the molecule is Cc1ccc(S(=O)(=O)Nc2cc(C(=O)NN3CCOCC3)ccc2Oc2cccc(CC(=O)O)c2)cc1. The largest absolute Gasteiger partial charge is 0.481 e. The van der Waals surface area contributed by atoms with Crippen LogP contribution in [0, 0.1) is 6.92 Å². The minimum absolute atomic E-state index is 0.0516. The highest BCUT2D eigenvalue weighted by atomic mass is 32.2. The number of hydrogen-bond acceptors (Lipinski definition) is 7. The number of carbonyl (C=O) groups is 2. The van der Waals surface area contributed by atoms with Crippen LogP contribution in [0.25, 0.3) is 0 Å². The van der Waals surface area contributed by atoms with Crippen LogP contribution in [0.2, 0.25) is 0 Å². The molecule has 11 heteroatoms. The monoisotopic (exact) mass is 525 g/mol. The fourth-order valence-electron chi connectivity index (χ4n) is 3.66. The van der Waals surface area contributed by atoms with Crippen molar-refractivity contribution < 1.29 is 32.6 Å². The standard InChI is InChI=1S/C26H27N3O7S/c1-18-5-8-22(9-6-18)37(33,34)28-23-17-20(26(32)27-29-11-13-35-14-12-29)7-10-24(23)36-21-4-2-3-19(15-21)16-25(30)31/h2-10,15,17,28H,11-14,16H2,1H3,(H,27,32)(H,30,31). The summed E-state index contributed by atoms with van der Waals surface area (Å²) in [5, 5.41) is 10.8. The summed E-state index contributed by atoms with van der Waals surface area (Å²) in [6.45, 7) is 3.91. The number of benzene rings is 3. The predicted octanol–water partition coefficient (Wildman–Crippen LogP) is 3.19. The first-order valence-electron chi connectivity index (χ1n) is 11.6. The molecule has 37 heavy (non-hydrogen) atoms. The Morgan fingerprint density at radius 2 is 1.76 bits per heavy atom. The summed E-state index contributed by atoms with van der Waals surface area (Å²) in [5.74, 6) is -0.932. The van der Waals surface area contributed by atoms with Crippen molar-refractivity contribution in [3.8, 4) is 11.5 Å². The van der Waals surface area contributed by atoms with E-state index in [-0.39, 0.29) is 28.3 Å². The zero-order chi connectivity index (χ0) is 26.4. The number of hydrazine groups is 1. The molecule has 0 atom stereocenters. The number of ether oxygens (including phenoxy) is 2. The number of morpholine rings is 1. The molecule has 1 heterocycles. The van der Waals surface area contributed by atoms with Crippen LogP contribution >= 0.6 is 0 Å². The van der Waals surface area contributed by atoms with Crippen LogP contribution in [-0.4, -0.2) is 56.7 Å². The molecule has 10 nitrogen and oxygen atoms in total. The van der Waals surface area contributed by atoms with Gasteiger partial charge in [-0.25, -0.2) is 13.4 Å². The molecule has 3 aromatic rings. The molecule has 4 rings (SSSR count). The molecular formula is C26H27N3O7S. The summed E-state index contributed by atoms with van der Waals surface area (Å²) < 4.78 is 40.0. The van der Waals surface area contributed by atoms with Crippen LogP contribution in [0.3, 0.4) is 0 Å². The molecule has 1 aliphatic heterocycles. The Kier molecular flexibility index (Phi) is 8.07. The van der Waals surface area contributed by atoms with Gasteiger partial charge in [-0.2, -0.15) is 0 Å². The number of carboxylic acid groups (broad SMARTS) is 1. The number of hydrogen-bond donors (Lipinski definition) is 3. The molecule has 0 bridgehead atoms. The van der Waals surface area contributed by atoms with E-state index in [1.165, 1.54) is 30.3 Å². The van der Waals surface area contributed by atoms with Gasteiger partial charge in [0.1, 0.15) is 5.75 Å². The molecule has 3 N–H and O–H groups in total. The molecule has 0 aromatic heterocycles. The van der Waals surface area contributed by atoms with Gasteiger partial charge in [-0.05, 0) is 55.0 Å². The van der Waals surface area contributed by atoms with Crippen molar-refractivity contribution in [2.45, 2.75) is 18.2 Å². The zero-order valence-corrected chi connectivity index (χ0v) is 21.0. The third-order valence-electron chi connectivity index (χ3n) is 5.57. The molecule has 1 fully saturated rings. The Hall–Kier alpha value is -3.93. The Morgan fingerprint density at radius 1 is 1.03 bits per heavy atom. The average Bonchev–Trinajstić information content (AvgIpc) is 2.85. The van der Waals surface area contributed by atoms with E-state index in [0.717, 1.165) is 5.56 Å². The van der Waals surface area contributed by atoms with Gasteiger partial charge in [-0.1, -0.05) is 29.8 Å². The summed E-state index contributed by atoms with van der Waals surface area (Å²) >= 11 is 0. The second kappa shape index (κ2) is 11.4. The Balaban J connectivity index is 1.65. The topological polar surface area (TPSA) is 134 Å². The summed E-state index contributed by atoms with van der Waals surface area (Å²) in [6, 6.07) is 17.3. The van der Waals surface area contributed by atoms with Crippen LogP contribution in [0.1, 0.15) is 21.5 Å². The molecule has 3 aromatic carbocycles. The maximum absolute atomic E-state index is 13.1. The van der Waals surface area contributed by atoms with Crippen molar-refractivity contribution in [3.63, 3.8) is 0 Å². The second-order valence-corrected chi connectivity index (χ2v) is 10.2. The minimum Gasteiger partial charge on any atom is -0.481 e. The van der Waals surface area contributed by atoms with Crippen LogP contribution in [0.4, 0.5) is 5.69 Å². The van der Waals surface area contributed by atoms with Crippen molar-refractivity contribution in [3.05, 3.63) is 83.4 Å². The number of rotatable bonds is 9. The molecular weight excluding hydrogens is 498 g/mol. The fraction of sp³-hybridized carbons (Fsp3) is 0.231. The molecule has 1 saturated heterocycles. The van der Waals surface area contributed by atoms with Gasteiger partial charge in [0.05, 0.1) is 30.2 Å². The average molecular weight is 526 g/mol. The number of nitrogens with one attached hydrogen (secondary N) is 2. The van der Waals surface area contributed by atoms with Gasteiger partial charge in [-0.15, -0.1) is 0 Å². The van der Waals surface area contributed by atoms with Gasteiger partial charge >= 0.3 is 5.97 Å². The van der Waals surface area contributed by atoms with Crippen molar-refractivity contribution >= 4 is 27.6 Å². The number of aliphatic carboxylic acids is 1. The molecule has 0 saturated carbocycles. The number of amides is 1. The quantitative estimate of drug-likeness (QED) is 0.388. The normalized spacial score (nSPS) is 14.1.